The number of amides is 1. The molecule has 0 saturated carbocycles. The molecule has 0 saturated heterocycles. The Morgan fingerprint density at radius 1 is 1.35 bits per heavy atom. The standard InChI is InChI=1S/C13H12INO2/c1-15(8-10-6-7-17-9-10)13(16)11-4-2-3-5-12(11)14/h2-7,9H,8H2,1H3. The molecule has 0 bridgehead atoms. The first-order valence-corrected chi connectivity index (χ1v) is 6.27. The highest BCUT2D eigenvalue weighted by molar-refractivity contribution is 14.1. The molecular formula is C13H12INO2. The van der Waals surface area contributed by atoms with Crippen LogP contribution in [-0.4, -0.2) is 17.9 Å². The van der Waals surface area contributed by atoms with E-state index in [-0.39, 0.29) is 5.91 Å². The molecule has 4 heteroatoms. The van der Waals surface area contributed by atoms with Crippen molar-refractivity contribution in [1.29, 1.82) is 0 Å². The third kappa shape index (κ3) is 2.88. The monoisotopic (exact) mass is 341 g/mol. The minimum absolute atomic E-state index is 0.0243. The van der Waals surface area contributed by atoms with E-state index < -0.39 is 0 Å². The van der Waals surface area contributed by atoms with E-state index in [4.69, 9.17) is 4.42 Å². The number of benzene rings is 1. The summed E-state index contributed by atoms with van der Waals surface area (Å²) in [5.41, 5.74) is 1.73. The summed E-state index contributed by atoms with van der Waals surface area (Å²) >= 11 is 2.17. The normalized spacial score (nSPS) is 10.2. The van der Waals surface area contributed by atoms with Gasteiger partial charge in [0.25, 0.3) is 5.91 Å². The van der Waals surface area contributed by atoms with Crippen LogP contribution in [0, 0.1) is 3.57 Å². The van der Waals surface area contributed by atoms with Gasteiger partial charge in [0.15, 0.2) is 0 Å². The Morgan fingerprint density at radius 3 is 2.76 bits per heavy atom. The molecule has 1 aromatic carbocycles. The van der Waals surface area contributed by atoms with Crippen molar-refractivity contribution >= 4 is 28.5 Å². The first-order chi connectivity index (χ1) is 8.18. The second-order valence-corrected chi connectivity index (χ2v) is 4.93. The number of nitrogens with zero attached hydrogens (tertiary/aromatic N) is 1. The number of furan rings is 1. The summed E-state index contributed by atoms with van der Waals surface area (Å²) in [6.45, 7) is 0.556. The summed E-state index contributed by atoms with van der Waals surface area (Å²) < 4.78 is 5.95. The molecule has 0 fully saturated rings. The molecule has 17 heavy (non-hydrogen) atoms. The highest BCUT2D eigenvalue weighted by Crippen LogP contribution is 2.14. The number of carbonyl (C=O) groups is 1. The second kappa shape index (κ2) is 5.35. The molecule has 2 aromatic rings. The van der Waals surface area contributed by atoms with Crippen LogP contribution >= 0.6 is 22.6 Å². The van der Waals surface area contributed by atoms with E-state index in [0.717, 1.165) is 14.7 Å². The van der Waals surface area contributed by atoms with Crippen LogP contribution in [0.2, 0.25) is 0 Å². The van der Waals surface area contributed by atoms with Gasteiger partial charge in [0.2, 0.25) is 0 Å². The molecule has 0 spiro atoms. The fraction of sp³-hybridized carbons (Fsp3) is 0.154. The quantitative estimate of drug-likeness (QED) is 0.804. The summed E-state index contributed by atoms with van der Waals surface area (Å²) in [4.78, 5) is 13.9. The van der Waals surface area contributed by atoms with E-state index in [1.165, 1.54) is 0 Å². The molecule has 2 rings (SSSR count). The molecular weight excluding hydrogens is 329 g/mol. The predicted octanol–water partition coefficient (Wildman–Crippen LogP) is 3.16. The van der Waals surface area contributed by atoms with Gasteiger partial charge in [0.05, 0.1) is 18.1 Å². The summed E-state index contributed by atoms with van der Waals surface area (Å²) in [7, 11) is 1.79. The van der Waals surface area contributed by atoms with E-state index in [1.807, 2.05) is 30.3 Å². The second-order valence-electron chi connectivity index (χ2n) is 3.77. The molecule has 0 radical (unpaired) electrons. The number of hydrogen-bond acceptors (Lipinski definition) is 2. The van der Waals surface area contributed by atoms with Crippen molar-refractivity contribution < 1.29 is 9.21 Å². The number of halogens is 1. The molecule has 0 aliphatic carbocycles. The first kappa shape index (κ1) is 12.2. The Kier molecular flexibility index (Phi) is 3.83. The summed E-state index contributed by atoms with van der Waals surface area (Å²) in [6.07, 6.45) is 3.26. The number of hydrogen-bond donors (Lipinski definition) is 0. The van der Waals surface area contributed by atoms with Crippen LogP contribution in [0.5, 0.6) is 0 Å². The summed E-state index contributed by atoms with van der Waals surface area (Å²) in [6, 6.07) is 9.44. The smallest absolute Gasteiger partial charge is 0.254 e. The van der Waals surface area contributed by atoms with Crippen LogP contribution in [0.25, 0.3) is 0 Å². The molecule has 0 aliphatic heterocycles. The summed E-state index contributed by atoms with van der Waals surface area (Å²) in [5, 5.41) is 0. The molecule has 0 N–H and O–H groups in total. The topological polar surface area (TPSA) is 33.5 Å². The fourth-order valence-corrected chi connectivity index (χ4v) is 2.19. The van der Waals surface area contributed by atoms with Gasteiger partial charge >= 0.3 is 0 Å². The van der Waals surface area contributed by atoms with Crippen LogP contribution in [0.3, 0.4) is 0 Å². The number of rotatable bonds is 3. The van der Waals surface area contributed by atoms with Crippen molar-refractivity contribution in [3.8, 4) is 0 Å². The largest absolute Gasteiger partial charge is 0.472 e. The zero-order valence-electron chi connectivity index (χ0n) is 9.39. The molecule has 0 aliphatic rings. The fourth-order valence-electron chi connectivity index (χ4n) is 1.57. The Hall–Kier alpha value is -1.30. The third-order valence-corrected chi connectivity index (χ3v) is 3.39. The number of carbonyl (C=O) groups excluding carboxylic acids is 1. The van der Waals surface area contributed by atoms with Crippen LogP contribution in [-0.2, 0) is 6.54 Å². The average Bonchev–Trinajstić information content (AvgIpc) is 2.81. The van der Waals surface area contributed by atoms with E-state index in [1.54, 1.807) is 24.5 Å². The lowest BCUT2D eigenvalue weighted by molar-refractivity contribution is 0.0784. The lowest BCUT2D eigenvalue weighted by atomic mass is 10.2. The Bertz CT molecular complexity index is 508. The Labute approximate surface area is 114 Å². The van der Waals surface area contributed by atoms with Gasteiger partial charge in [-0.3, -0.25) is 4.79 Å². The van der Waals surface area contributed by atoms with Crippen molar-refractivity contribution in [2.75, 3.05) is 7.05 Å². The van der Waals surface area contributed by atoms with Gasteiger partial charge in [-0.25, -0.2) is 0 Å². The molecule has 1 aromatic heterocycles. The predicted molar refractivity (Wildman–Crippen MR) is 73.7 cm³/mol. The Morgan fingerprint density at radius 2 is 2.12 bits per heavy atom. The van der Waals surface area contributed by atoms with E-state index >= 15 is 0 Å². The molecule has 0 atom stereocenters. The van der Waals surface area contributed by atoms with Gasteiger partial charge in [-0.2, -0.15) is 0 Å². The van der Waals surface area contributed by atoms with Gasteiger partial charge < -0.3 is 9.32 Å². The minimum atomic E-state index is 0.0243. The van der Waals surface area contributed by atoms with Gasteiger partial charge in [-0.05, 0) is 40.8 Å². The molecule has 88 valence electrons. The van der Waals surface area contributed by atoms with Crippen molar-refractivity contribution in [2.45, 2.75) is 6.54 Å². The van der Waals surface area contributed by atoms with Crippen LogP contribution < -0.4 is 0 Å². The SMILES string of the molecule is CN(Cc1ccoc1)C(=O)c1ccccc1I. The van der Waals surface area contributed by atoms with E-state index in [0.29, 0.717) is 6.54 Å². The third-order valence-electron chi connectivity index (χ3n) is 2.45. The van der Waals surface area contributed by atoms with Crippen LogP contribution in [0.4, 0.5) is 0 Å². The van der Waals surface area contributed by atoms with Gasteiger partial charge in [-0.15, -0.1) is 0 Å². The zero-order valence-corrected chi connectivity index (χ0v) is 11.5. The lowest BCUT2D eigenvalue weighted by Crippen LogP contribution is -2.26. The van der Waals surface area contributed by atoms with Gasteiger partial charge in [0, 0.05) is 22.7 Å². The molecule has 1 amide bonds. The van der Waals surface area contributed by atoms with Crippen molar-refractivity contribution in [2.24, 2.45) is 0 Å². The van der Waals surface area contributed by atoms with Crippen molar-refractivity contribution in [1.82, 2.24) is 4.90 Å². The van der Waals surface area contributed by atoms with Crippen molar-refractivity contribution in [3.05, 3.63) is 57.6 Å². The van der Waals surface area contributed by atoms with Crippen LogP contribution in [0.15, 0.2) is 47.3 Å². The average molecular weight is 341 g/mol. The van der Waals surface area contributed by atoms with Crippen LogP contribution in [0.1, 0.15) is 15.9 Å². The maximum absolute atomic E-state index is 12.2. The first-order valence-electron chi connectivity index (χ1n) is 5.19. The Balaban J connectivity index is 2.13. The maximum Gasteiger partial charge on any atom is 0.254 e. The maximum atomic E-state index is 12.2. The zero-order chi connectivity index (χ0) is 12.3. The molecule has 3 nitrogen and oxygen atoms in total. The lowest BCUT2D eigenvalue weighted by Gasteiger charge is -2.16. The minimum Gasteiger partial charge on any atom is -0.472 e. The molecule has 0 unspecified atom stereocenters. The van der Waals surface area contributed by atoms with Gasteiger partial charge in [-0.1, -0.05) is 12.1 Å². The van der Waals surface area contributed by atoms with E-state index in [2.05, 4.69) is 22.6 Å². The highest BCUT2D eigenvalue weighted by Gasteiger charge is 2.14. The van der Waals surface area contributed by atoms with Crippen molar-refractivity contribution in [3.63, 3.8) is 0 Å². The summed E-state index contributed by atoms with van der Waals surface area (Å²) in [5.74, 6) is 0.0243. The highest BCUT2D eigenvalue weighted by atomic mass is 127. The van der Waals surface area contributed by atoms with E-state index in [9.17, 15) is 4.79 Å². The van der Waals surface area contributed by atoms with Gasteiger partial charge in [0.1, 0.15) is 0 Å². The molecule has 1 heterocycles.